The summed E-state index contributed by atoms with van der Waals surface area (Å²) in [5.41, 5.74) is 0. The van der Waals surface area contributed by atoms with Crippen molar-refractivity contribution in [2.75, 3.05) is 6.61 Å². The van der Waals surface area contributed by atoms with Gasteiger partial charge in [-0.05, 0) is 30.3 Å². The quantitative estimate of drug-likeness (QED) is 0.598. The Hall–Kier alpha value is 0.310. The van der Waals surface area contributed by atoms with Crippen LogP contribution in [0.5, 0.6) is 0 Å². The zero-order valence-corrected chi connectivity index (χ0v) is 9.31. The third-order valence-electron chi connectivity index (χ3n) is 3.61. The van der Waals surface area contributed by atoms with Crippen molar-refractivity contribution in [1.29, 1.82) is 0 Å². The standard InChI is InChI=1S/C11H20OS/c1-9-11(7-8-12-13-9)10-5-3-2-4-6-10/h9-11H,2-8H2,1H3/t9?,11-/m1/s1. The van der Waals surface area contributed by atoms with E-state index in [1.807, 2.05) is 0 Å². The molecule has 1 saturated carbocycles. The van der Waals surface area contributed by atoms with Crippen LogP contribution in [0.2, 0.25) is 0 Å². The summed E-state index contributed by atoms with van der Waals surface area (Å²) in [6.07, 6.45) is 8.68. The second kappa shape index (κ2) is 4.70. The van der Waals surface area contributed by atoms with Crippen LogP contribution in [0.3, 0.4) is 0 Å². The summed E-state index contributed by atoms with van der Waals surface area (Å²) >= 11 is 1.72. The predicted molar refractivity (Wildman–Crippen MR) is 57.7 cm³/mol. The van der Waals surface area contributed by atoms with Gasteiger partial charge in [0, 0.05) is 5.25 Å². The van der Waals surface area contributed by atoms with E-state index < -0.39 is 0 Å². The fourth-order valence-electron chi connectivity index (χ4n) is 2.83. The molecule has 13 heavy (non-hydrogen) atoms. The van der Waals surface area contributed by atoms with Crippen LogP contribution in [0.15, 0.2) is 0 Å². The molecular weight excluding hydrogens is 180 g/mol. The molecule has 2 atom stereocenters. The SMILES string of the molecule is CC1SOCC[C@H]1C1CCCCC1. The molecule has 76 valence electrons. The third-order valence-corrected chi connectivity index (χ3v) is 4.57. The van der Waals surface area contributed by atoms with Gasteiger partial charge in [0.25, 0.3) is 0 Å². The monoisotopic (exact) mass is 200 g/mol. The van der Waals surface area contributed by atoms with Crippen molar-refractivity contribution in [3.63, 3.8) is 0 Å². The number of hydrogen-bond acceptors (Lipinski definition) is 2. The lowest BCUT2D eigenvalue weighted by atomic mass is 9.77. The molecule has 0 N–H and O–H groups in total. The van der Waals surface area contributed by atoms with Gasteiger partial charge in [-0.25, -0.2) is 0 Å². The summed E-state index contributed by atoms with van der Waals surface area (Å²) in [4.78, 5) is 0. The fraction of sp³-hybridized carbons (Fsp3) is 1.00. The fourth-order valence-corrected chi connectivity index (χ4v) is 3.74. The van der Waals surface area contributed by atoms with Crippen molar-refractivity contribution in [2.24, 2.45) is 11.8 Å². The Morgan fingerprint density at radius 1 is 1.08 bits per heavy atom. The third kappa shape index (κ3) is 2.41. The highest BCUT2D eigenvalue weighted by Gasteiger charge is 2.31. The molecule has 0 amide bonds. The highest BCUT2D eigenvalue weighted by molar-refractivity contribution is 7.95. The molecule has 0 aromatic heterocycles. The van der Waals surface area contributed by atoms with Crippen LogP contribution in [-0.2, 0) is 4.18 Å². The summed E-state index contributed by atoms with van der Waals surface area (Å²) in [5, 5.41) is 0.733. The van der Waals surface area contributed by atoms with E-state index in [9.17, 15) is 0 Å². The van der Waals surface area contributed by atoms with E-state index in [2.05, 4.69) is 6.92 Å². The highest BCUT2D eigenvalue weighted by Crippen LogP contribution is 2.40. The van der Waals surface area contributed by atoms with Crippen molar-refractivity contribution in [2.45, 2.75) is 50.7 Å². The number of rotatable bonds is 1. The first-order valence-electron chi connectivity index (χ1n) is 5.66. The lowest BCUT2D eigenvalue weighted by Gasteiger charge is -2.36. The largest absolute Gasteiger partial charge is 0.315 e. The van der Waals surface area contributed by atoms with Gasteiger partial charge in [-0.15, -0.1) is 0 Å². The minimum absolute atomic E-state index is 0.733. The minimum Gasteiger partial charge on any atom is -0.315 e. The molecule has 2 aliphatic rings. The molecule has 0 radical (unpaired) electrons. The molecule has 0 aromatic carbocycles. The molecule has 1 unspecified atom stereocenters. The summed E-state index contributed by atoms with van der Waals surface area (Å²) < 4.78 is 5.42. The van der Waals surface area contributed by atoms with Gasteiger partial charge in [0.2, 0.25) is 0 Å². The van der Waals surface area contributed by atoms with Crippen LogP contribution in [-0.4, -0.2) is 11.9 Å². The lowest BCUT2D eigenvalue weighted by Crippen LogP contribution is -2.29. The van der Waals surface area contributed by atoms with Gasteiger partial charge in [0.05, 0.1) is 6.61 Å². The van der Waals surface area contributed by atoms with Gasteiger partial charge in [-0.1, -0.05) is 39.0 Å². The van der Waals surface area contributed by atoms with Crippen LogP contribution in [0, 0.1) is 11.8 Å². The van der Waals surface area contributed by atoms with E-state index in [1.54, 1.807) is 12.0 Å². The first-order chi connectivity index (χ1) is 6.38. The van der Waals surface area contributed by atoms with Crippen molar-refractivity contribution in [3.05, 3.63) is 0 Å². The molecule has 2 heteroatoms. The first kappa shape index (κ1) is 9.85. The molecule has 1 aliphatic heterocycles. The molecule has 2 fully saturated rings. The lowest BCUT2D eigenvalue weighted by molar-refractivity contribution is 0.185. The molecule has 0 spiro atoms. The predicted octanol–water partition coefficient (Wildman–Crippen LogP) is 3.64. The summed E-state index contributed by atoms with van der Waals surface area (Å²) in [5.74, 6) is 1.96. The Balaban J connectivity index is 1.88. The molecule has 0 aromatic rings. The van der Waals surface area contributed by atoms with E-state index in [4.69, 9.17) is 4.18 Å². The Bertz CT molecular complexity index is 154. The van der Waals surface area contributed by atoms with Crippen LogP contribution in [0.4, 0.5) is 0 Å². The zero-order chi connectivity index (χ0) is 9.10. The zero-order valence-electron chi connectivity index (χ0n) is 8.50. The van der Waals surface area contributed by atoms with Crippen molar-refractivity contribution in [1.82, 2.24) is 0 Å². The van der Waals surface area contributed by atoms with Crippen molar-refractivity contribution >= 4 is 12.0 Å². The topological polar surface area (TPSA) is 9.23 Å². The number of hydrogen-bond donors (Lipinski definition) is 0. The molecular formula is C11H20OS. The van der Waals surface area contributed by atoms with E-state index >= 15 is 0 Å². The second-order valence-electron chi connectivity index (χ2n) is 4.47. The Morgan fingerprint density at radius 3 is 2.54 bits per heavy atom. The van der Waals surface area contributed by atoms with E-state index in [0.717, 1.165) is 23.7 Å². The first-order valence-corrected chi connectivity index (χ1v) is 6.46. The van der Waals surface area contributed by atoms with Crippen LogP contribution >= 0.6 is 12.0 Å². The average Bonchev–Trinajstić information content (AvgIpc) is 2.20. The Morgan fingerprint density at radius 2 is 1.85 bits per heavy atom. The highest BCUT2D eigenvalue weighted by atomic mass is 32.2. The van der Waals surface area contributed by atoms with Crippen molar-refractivity contribution in [3.8, 4) is 0 Å². The van der Waals surface area contributed by atoms with Gasteiger partial charge in [-0.3, -0.25) is 0 Å². The molecule has 1 saturated heterocycles. The minimum atomic E-state index is 0.733. The molecule has 1 nitrogen and oxygen atoms in total. The van der Waals surface area contributed by atoms with Gasteiger partial charge < -0.3 is 4.18 Å². The normalized spacial score (nSPS) is 37.6. The molecule has 1 aliphatic carbocycles. The van der Waals surface area contributed by atoms with Gasteiger partial charge in [0.1, 0.15) is 0 Å². The van der Waals surface area contributed by atoms with Crippen molar-refractivity contribution < 1.29 is 4.18 Å². The van der Waals surface area contributed by atoms with Crippen LogP contribution in [0.25, 0.3) is 0 Å². The van der Waals surface area contributed by atoms with Gasteiger partial charge >= 0.3 is 0 Å². The molecule has 2 rings (SSSR count). The molecule has 1 heterocycles. The Labute approximate surface area is 85.8 Å². The molecule has 0 bridgehead atoms. The van der Waals surface area contributed by atoms with Gasteiger partial charge in [-0.2, -0.15) is 0 Å². The second-order valence-corrected chi connectivity index (χ2v) is 5.65. The Kier molecular flexibility index (Phi) is 3.56. The van der Waals surface area contributed by atoms with Gasteiger partial charge in [0.15, 0.2) is 0 Å². The summed E-state index contributed by atoms with van der Waals surface area (Å²) in [7, 11) is 0. The van der Waals surface area contributed by atoms with E-state index in [-0.39, 0.29) is 0 Å². The maximum Gasteiger partial charge on any atom is 0.0617 e. The van der Waals surface area contributed by atoms with Crippen LogP contribution < -0.4 is 0 Å². The maximum atomic E-state index is 5.42. The van der Waals surface area contributed by atoms with Crippen LogP contribution in [0.1, 0.15) is 45.4 Å². The van der Waals surface area contributed by atoms with E-state index in [0.29, 0.717) is 0 Å². The average molecular weight is 200 g/mol. The van der Waals surface area contributed by atoms with E-state index in [1.165, 1.54) is 38.5 Å². The smallest absolute Gasteiger partial charge is 0.0617 e. The maximum absolute atomic E-state index is 5.42. The summed E-state index contributed by atoms with van der Waals surface area (Å²) in [6, 6.07) is 0. The summed E-state index contributed by atoms with van der Waals surface area (Å²) in [6.45, 7) is 3.32.